The van der Waals surface area contributed by atoms with E-state index in [1.807, 2.05) is 54.6 Å². The van der Waals surface area contributed by atoms with E-state index < -0.39 is 0 Å². The number of ether oxygens (including phenoxy) is 2. The predicted molar refractivity (Wildman–Crippen MR) is 80.0 cm³/mol. The summed E-state index contributed by atoms with van der Waals surface area (Å²) in [6.45, 7) is 0.563. The highest BCUT2D eigenvalue weighted by Gasteiger charge is 2.30. The van der Waals surface area contributed by atoms with Gasteiger partial charge in [0.25, 0.3) is 0 Å². The molecule has 3 nitrogen and oxygen atoms in total. The van der Waals surface area contributed by atoms with Gasteiger partial charge in [0.1, 0.15) is 24.2 Å². The molecular formula is C18H17NO2. The molecule has 21 heavy (non-hydrogen) atoms. The second-order valence-electron chi connectivity index (χ2n) is 5.28. The van der Waals surface area contributed by atoms with Crippen molar-refractivity contribution in [2.24, 2.45) is 5.92 Å². The van der Waals surface area contributed by atoms with Crippen molar-refractivity contribution in [3.8, 4) is 17.6 Å². The van der Waals surface area contributed by atoms with Gasteiger partial charge in [-0.15, -0.1) is 0 Å². The molecule has 1 saturated carbocycles. The molecule has 0 aromatic heterocycles. The summed E-state index contributed by atoms with van der Waals surface area (Å²) in [6, 6.07) is 20.0. The Morgan fingerprint density at radius 1 is 0.952 bits per heavy atom. The number of hydrogen-bond donors (Lipinski definition) is 0. The molecule has 0 radical (unpaired) electrons. The predicted octanol–water partition coefficient (Wildman–Crippen LogP) is 3.95. The van der Waals surface area contributed by atoms with E-state index in [4.69, 9.17) is 14.7 Å². The van der Waals surface area contributed by atoms with Crippen LogP contribution in [0.2, 0.25) is 0 Å². The minimum Gasteiger partial charge on any atom is -0.490 e. The maximum absolute atomic E-state index is 8.74. The SMILES string of the molecule is N#CC1CC(Oc2ccc(OCc3ccccc3)cc2)C1. The first-order chi connectivity index (χ1) is 10.3. The average molecular weight is 279 g/mol. The summed E-state index contributed by atoms with van der Waals surface area (Å²) >= 11 is 0. The largest absolute Gasteiger partial charge is 0.490 e. The molecule has 106 valence electrons. The van der Waals surface area contributed by atoms with Crippen LogP contribution >= 0.6 is 0 Å². The van der Waals surface area contributed by atoms with E-state index in [2.05, 4.69) is 6.07 Å². The van der Waals surface area contributed by atoms with Crippen LogP contribution in [0.1, 0.15) is 18.4 Å². The van der Waals surface area contributed by atoms with E-state index in [1.54, 1.807) is 0 Å². The van der Waals surface area contributed by atoms with Gasteiger partial charge in [0.2, 0.25) is 0 Å². The Bertz CT molecular complexity index is 610. The first-order valence-electron chi connectivity index (χ1n) is 7.16. The van der Waals surface area contributed by atoms with Gasteiger partial charge in [0.15, 0.2) is 0 Å². The summed E-state index contributed by atoms with van der Waals surface area (Å²) < 4.78 is 11.5. The quantitative estimate of drug-likeness (QED) is 0.832. The second-order valence-corrected chi connectivity index (χ2v) is 5.28. The van der Waals surface area contributed by atoms with Crippen molar-refractivity contribution in [1.29, 1.82) is 5.26 Å². The highest BCUT2D eigenvalue weighted by atomic mass is 16.5. The van der Waals surface area contributed by atoms with E-state index in [-0.39, 0.29) is 12.0 Å². The zero-order valence-electron chi connectivity index (χ0n) is 11.7. The van der Waals surface area contributed by atoms with Gasteiger partial charge in [-0.1, -0.05) is 30.3 Å². The molecule has 1 fully saturated rings. The van der Waals surface area contributed by atoms with Crippen molar-refractivity contribution in [2.75, 3.05) is 0 Å². The highest BCUT2D eigenvalue weighted by molar-refractivity contribution is 5.32. The van der Waals surface area contributed by atoms with Crippen LogP contribution in [0.5, 0.6) is 11.5 Å². The van der Waals surface area contributed by atoms with E-state index in [1.165, 1.54) is 0 Å². The van der Waals surface area contributed by atoms with Crippen molar-refractivity contribution >= 4 is 0 Å². The normalized spacial score (nSPS) is 20.1. The third kappa shape index (κ3) is 3.55. The number of rotatable bonds is 5. The summed E-state index contributed by atoms with van der Waals surface area (Å²) in [6.07, 6.45) is 1.86. The summed E-state index contributed by atoms with van der Waals surface area (Å²) in [4.78, 5) is 0. The van der Waals surface area contributed by atoms with Gasteiger partial charge in [-0.2, -0.15) is 5.26 Å². The topological polar surface area (TPSA) is 42.2 Å². The Kier molecular flexibility index (Phi) is 4.07. The fraction of sp³-hybridized carbons (Fsp3) is 0.278. The maximum atomic E-state index is 8.74. The van der Waals surface area contributed by atoms with Gasteiger partial charge in [-0.3, -0.25) is 0 Å². The van der Waals surface area contributed by atoms with Gasteiger partial charge < -0.3 is 9.47 Å². The maximum Gasteiger partial charge on any atom is 0.120 e. The van der Waals surface area contributed by atoms with Crippen molar-refractivity contribution in [1.82, 2.24) is 0 Å². The van der Waals surface area contributed by atoms with E-state index >= 15 is 0 Å². The summed E-state index contributed by atoms with van der Waals surface area (Å²) in [7, 11) is 0. The van der Waals surface area contributed by atoms with Crippen molar-refractivity contribution < 1.29 is 9.47 Å². The van der Waals surface area contributed by atoms with Crippen molar-refractivity contribution in [2.45, 2.75) is 25.6 Å². The fourth-order valence-electron chi connectivity index (χ4n) is 2.32. The number of nitrogens with zero attached hydrogens (tertiary/aromatic N) is 1. The summed E-state index contributed by atoms with van der Waals surface area (Å²) in [5.74, 6) is 1.83. The van der Waals surface area contributed by atoms with Crippen LogP contribution in [0, 0.1) is 17.2 Å². The minimum absolute atomic E-state index is 0.170. The molecule has 0 atom stereocenters. The Hall–Kier alpha value is -2.47. The van der Waals surface area contributed by atoms with Crippen LogP contribution in [-0.2, 0) is 6.61 Å². The first kappa shape index (κ1) is 13.5. The highest BCUT2D eigenvalue weighted by Crippen LogP contribution is 2.31. The molecule has 0 amide bonds. The summed E-state index contributed by atoms with van der Waals surface area (Å²) in [5, 5.41) is 8.74. The van der Waals surface area contributed by atoms with Gasteiger partial charge in [-0.05, 0) is 29.8 Å². The Labute approximate surface area is 124 Å². The molecule has 2 aromatic rings. The molecular weight excluding hydrogens is 262 g/mol. The third-order valence-electron chi connectivity index (χ3n) is 3.65. The number of benzene rings is 2. The first-order valence-corrected chi connectivity index (χ1v) is 7.16. The van der Waals surface area contributed by atoms with E-state index in [0.717, 1.165) is 29.9 Å². The monoisotopic (exact) mass is 279 g/mol. The molecule has 0 bridgehead atoms. The second kappa shape index (κ2) is 6.32. The number of nitriles is 1. The van der Waals surface area contributed by atoms with Gasteiger partial charge >= 0.3 is 0 Å². The lowest BCUT2D eigenvalue weighted by molar-refractivity contribution is 0.0892. The molecule has 0 N–H and O–H groups in total. The van der Waals surface area contributed by atoms with Crippen molar-refractivity contribution in [3.05, 3.63) is 60.2 Å². The lowest BCUT2D eigenvalue weighted by Gasteiger charge is -2.30. The molecule has 0 unspecified atom stereocenters. The zero-order valence-corrected chi connectivity index (χ0v) is 11.7. The lowest BCUT2D eigenvalue weighted by atomic mass is 9.83. The van der Waals surface area contributed by atoms with Gasteiger partial charge in [0.05, 0.1) is 12.0 Å². The molecule has 0 aliphatic heterocycles. The molecule has 2 aromatic carbocycles. The molecule has 0 spiro atoms. The van der Waals surface area contributed by atoms with Gasteiger partial charge in [-0.25, -0.2) is 0 Å². The van der Waals surface area contributed by atoms with Gasteiger partial charge in [0, 0.05) is 12.8 Å². The van der Waals surface area contributed by atoms with Crippen LogP contribution in [-0.4, -0.2) is 6.10 Å². The fourth-order valence-corrected chi connectivity index (χ4v) is 2.32. The van der Waals surface area contributed by atoms with E-state index in [0.29, 0.717) is 6.61 Å². The van der Waals surface area contributed by atoms with Crippen LogP contribution in [0.15, 0.2) is 54.6 Å². The van der Waals surface area contributed by atoms with E-state index in [9.17, 15) is 0 Å². The summed E-state index contributed by atoms with van der Waals surface area (Å²) in [5.41, 5.74) is 1.15. The molecule has 1 aliphatic carbocycles. The molecule has 3 heteroatoms. The average Bonchev–Trinajstić information content (AvgIpc) is 2.50. The van der Waals surface area contributed by atoms with Crippen LogP contribution in [0.4, 0.5) is 0 Å². The smallest absolute Gasteiger partial charge is 0.120 e. The molecule has 0 saturated heterocycles. The Morgan fingerprint density at radius 3 is 2.29 bits per heavy atom. The van der Waals surface area contributed by atoms with Crippen LogP contribution < -0.4 is 9.47 Å². The Morgan fingerprint density at radius 2 is 1.62 bits per heavy atom. The number of hydrogen-bond acceptors (Lipinski definition) is 3. The van der Waals surface area contributed by atoms with Crippen LogP contribution in [0.25, 0.3) is 0 Å². The van der Waals surface area contributed by atoms with Crippen molar-refractivity contribution in [3.63, 3.8) is 0 Å². The molecule has 3 rings (SSSR count). The lowest BCUT2D eigenvalue weighted by Crippen LogP contribution is -2.32. The van der Waals surface area contributed by atoms with Crippen LogP contribution in [0.3, 0.4) is 0 Å². The standard InChI is InChI=1S/C18H17NO2/c19-12-15-10-18(11-15)21-17-8-6-16(7-9-17)20-13-14-4-2-1-3-5-14/h1-9,15,18H,10-11,13H2. The zero-order chi connectivity index (χ0) is 14.5. The molecule has 0 heterocycles. The third-order valence-corrected chi connectivity index (χ3v) is 3.65. The molecule has 1 aliphatic rings. The Balaban J connectivity index is 1.49. The minimum atomic E-state index is 0.170.